The summed E-state index contributed by atoms with van der Waals surface area (Å²) < 4.78 is 5.12. The lowest BCUT2D eigenvalue weighted by Gasteiger charge is -2.15. The van der Waals surface area contributed by atoms with Gasteiger partial charge in [-0.05, 0) is 25.5 Å². The summed E-state index contributed by atoms with van der Waals surface area (Å²) in [6, 6.07) is 4.33. The first-order chi connectivity index (χ1) is 8.99. The zero-order valence-electron chi connectivity index (χ0n) is 11.4. The molecule has 1 amide bonds. The first kappa shape index (κ1) is 15.0. The molecule has 1 aromatic rings. The van der Waals surface area contributed by atoms with Crippen molar-refractivity contribution in [2.24, 2.45) is 0 Å². The molecule has 0 spiro atoms. The van der Waals surface area contributed by atoms with Gasteiger partial charge in [0.15, 0.2) is 0 Å². The molecule has 1 rings (SSSR count). The number of aliphatic carboxylic acids is 1. The molecule has 0 aliphatic heterocycles. The van der Waals surface area contributed by atoms with Gasteiger partial charge in [-0.25, -0.2) is 4.79 Å². The number of rotatable bonds is 6. The van der Waals surface area contributed by atoms with Crippen LogP contribution in [0.1, 0.15) is 35.7 Å². The standard InChI is InChI=1S/C14H19NO4/c1-4-5-11(14(17)18)15-13(16)10-8-9(2)6-7-12(10)19-3/h6-8,11H,4-5H2,1-3H3,(H,15,16)(H,17,18). The molecular formula is C14H19NO4. The maximum atomic E-state index is 12.1. The number of carboxylic acid groups (broad SMARTS) is 1. The first-order valence-corrected chi connectivity index (χ1v) is 6.17. The minimum atomic E-state index is -1.03. The number of amides is 1. The molecule has 5 heteroatoms. The smallest absolute Gasteiger partial charge is 0.326 e. The summed E-state index contributed by atoms with van der Waals surface area (Å²) in [4.78, 5) is 23.1. The van der Waals surface area contributed by atoms with Crippen molar-refractivity contribution >= 4 is 11.9 Å². The van der Waals surface area contributed by atoms with Crippen molar-refractivity contribution in [1.82, 2.24) is 5.32 Å². The number of aryl methyl sites for hydroxylation is 1. The predicted octanol–water partition coefficient (Wildman–Crippen LogP) is 1.99. The third-order valence-corrected chi connectivity index (χ3v) is 2.78. The van der Waals surface area contributed by atoms with Crippen LogP contribution in [0.4, 0.5) is 0 Å². The summed E-state index contributed by atoms with van der Waals surface area (Å²) in [5.74, 6) is -1.02. The Balaban J connectivity index is 2.93. The van der Waals surface area contributed by atoms with E-state index < -0.39 is 17.9 Å². The van der Waals surface area contributed by atoms with Gasteiger partial charge >= 0.3 is 5.97 Å². The lowest BCUT2D eigenvalue weighted by molar-refractivity contribution is -0.139. The Morgan fingerprint density at radius 1 is 1.42 bits per heavy atom. The maximum absolute atomic E-state index is 12.1. The van der Waals surface area contributed by atoms with E-state index in [-0.39, 0.29) is 0 Å². The van der Waals surface area contributed by atoms with Crippen LogP contribution in [0.2, 0.25) is 0 Å². The van der Waals surface area contributed by atoms with Crippen LogP contribution in [-0.2, 0) is 4.79 Å². The van der Waals surface area contributed by atoms with Crippen molar-refractivity contribution in [2.75, 3.05) is 7.11 Å². The Hall–Kier alpha value is -2.04. The topological polar surface area (TPSA) is 75.6 Å². The van der Waals surface area contributed by atoms with Gasteiger partial charge in [-0.2, -0.15) is 0 Å². The van der Waals surface area contributed by atoms with Crippen LogP contribution < -0.4 is 10.1 Å². The normalized spacial score (nSPS) is 11.7. The Kier molecular flexibility index (Phi) is 5.36. The summed E-state index contributed by atoms with van der Waals surface area (Å²) in [6.07, 6.45) is 1.08. The highest BCUT2D eigenvalue weighted by Gasteiger charge is 2.21. The molecule has 2 N–H and O–H groups in total. The monoisotopic (exact) mass is 265 g/mol. The summed E-state index contributed by atoms with van der Waals surface area (Å²) in [5.41, 5.74) is 1.26. The molecule has 1 atom stereocenters. The number of nitrogens with one attached hydrogen (secondary N) is 1. The molecule has 1 aromatic carbocycles. The fraction of sp³-hybridized carbons (Fsp3) is 0.429. The van der Waals surface area contributed by atoms with E-state index >= 15 is 0 Å². The maximum Gasteiger partial charge on any atom is 0.326 e. The van der Waals surface area contributed by atoms with Gasteiger partial charge in [-0.3, -0.25) is 4.79 Å². The van der Waals surface area contributed by atoms with Crippen LogP contribution in [0.25, 0.3) is 0 Å². The van der Waals surface area contributed by atoms with Crippen molar-refractivity contribution in [3.8, 4) is 5.75 Å². The highest BCUT2D eigenvalue weighted by molar-refractivity contribution is 5.99. The number of hydrogen-bond donors (Lipinski definition) is 2. The van der Waals surface area contributed by atoms with E-state index in [4.69, 9.17) is 9.84 Å². The molecule has 0 fully saturated rings. The van der Waals surface area contributed by atoms with Gasteiger partial charge < -0.3 is 15.2 Å². The van der Waals surface area contributed by atoms with Crippen LogP contribution in [0.3, 0.4) is 0 Å². The van der Waals surface area contributed by atoms with E-state index in [0.29, 0.717) is 24.2 Å². The molecule has 0 bridgehead atoms. The number of benzene rings is 1. The zero-order valence-corrected chi connectivity index (χ0v) is 11.4. The van der Waals surface area contributed by atoms with Crippen LogP contribution in [0.15, 0.2) is 18.2 Å². The molecule has 0 saturated heterocycles. The van der Waals surface area contributed by atoms with E-state index in [0.717, 1.165) is 5.56 Å². The molecule has 0 saturated carbocycles. The fourth-order valence-electron chi connectivity index (χ4n) is 1.78. The minimum absolute atomic E-state index is 0.352. The Bertz CT molecular complexity index is 471. The number of methoxy groups -OCH3 is 1. The Labute approximate surface area is 112 Å². The van der Waals surface area contributed by atoms with E-state index in [1.807, 2.05) is 19.9 Å². The molecule has 0 aromatic heterocycles. The number of carboxylic acids is 1. The molecule has 0 aliphatic carbocycles. The lowest BCUT2D eigenvalue weighted by Crippen LogP contribution is -2.40. The number of ether oxygens (including phenoxy) is 1. The quantitative estimate of drug-likeness (QED) is 0.824. The molecule has 19 heavy (non-hydrogen) atoms. The zero-order chi connectivity index (χ0) is 14.4. The number of hydrogen-bond acceptors (Lipinski definition) is 3. The Morgan fingerprint density at radius 2 is 2.11 bits per heavy atom. The van der Waals surface area contributed by atoms with Crippen molar-refractivity contribution in [3.63, 3.8) is 0 Å². The Morgan fingerprint density at radius 3 is 2.63 bits per heavy atom. The van der Waals surface area contributed by atoms with Crippen LogP contribution in [-0.4, -0.2) is 30.1 Å². The average molecular weight is 265 g/mol. The van der Waals surface area contributed by atoms with Crippen molar-refractivity contribution < 1.29 is 19.4 Å². The average Bonchev–Trinajstić information content (AvgIpc) is 2.37. The van der Waals surface area contributed by atoms with Gasteiger partial charge in [0.1, 0.15) is 11.8 Å². The fourth-order valence-corrected chi connectivity index (χ4v) is 1.78. The molecule has 1 unspecified atom stereocenters. The summed E-state index contributed by atoms with van der Waals surface area (Å²) >= 11 is 0. The van der Waals surface area contributed by atoms with Crippen molar-refractivity contribution in [1.29, 1.82) is 0 Å². The molecule has 0 aliphatic rings. The second-order valence-corrected chi connectivity index (χ2v) is 4.36. The molecule has 104 valence electrons. The third kappa shape index (κ3) is 3.98. The second kappa shape index (κ2) is 6.78. The summed E-state index contributed by atoms with van der Waals surface area (Å²) in [5, 5.41) is 11.6. The van der Waals surface area contributed by atoms with Gasteiger partial charge in [-0.1, -0.05) is 25.0 Å². The molecule has 5 nitrogen and oxygen atoms in total. The highest BCUT2D eigenvalue weighted by atomic mass is 16.5. The van der Waals surface area contributed by atoms with Gasteiger partial charge in [0, 0.05) is 0 Å². The second-order valence-electron chi connectivity index (χ2n) is 4.36. The predicted molar refractivity (Wildman–Crippen MR) is 71.5 cm³/mol. The lowest BCUT2D eigenvalue weighted by atomic mass is 10.1. The minimum Gasteiger partial charge on any atom is -0.496 e. The van der Waals surface area contributed by atoms with Crippen LogP contribution in [0.5, 0.6) is 5.75 Å². The van der Waals surface area contributed by atoms with Crippen LogP contribution in [0, 0.1) is 6.92 Å². The van der Waals surface area contributed by atoms with Gasteiger partial charge in [-0.15, -0.1) is 0 Å². The number of carbonyl (C=O) groups is 2. The summed E-state index contributed by atoms with van der Waals surface area (Å²) in [6.45, 7) is 3.73. The van der Waals surface area contributed by atoms with E-state index in [1.165, 1.54) is 7.11 Å². The van der Waals surface area contributed by atoms with Crippen molar-refractivity contribution in [2.45, 2.75) is 32.7 Å². The largest absolute Gasteiger partial charge is 0.496 e. The van der Waals surface area contributed by atoms with Gasteiger partial charge in [0.2, 0.25) is 0 Å². The molecule has 0 heterocycles. The van der Waals surface area contributed by atoms with Gasteiger partial charge in [0.25, 0.3) is 5.91 Å². The third-order valence-electron chi connectivity index (χ3n) is 2.78. The SMILES string of the molecule is CCCC(NC(=O)c1cc(C)ccc1OC)C(=O)O. The van der Waals surface area contributed by atoms with Gasteiger partial charge in [0.05, 0.1) is 12.7 Å². The van der Waals surface area contributed by atoms with Crippen LogP contribution >= 0.6 is 0 Å². The first-order valence-electron chi connectivity index (χ1n) is 6.17. The van der Waals surface area contributed by atoms with Crippen molar-refractivity contribution in [3.05, 3.63) is 29.3 Å². The van der Waals surface area contributed by atoms with E-state index in [9.17, 15) is 9.59 Å². The molecule has 0 radical (unpaired) electrons. The van der Waals surface area contributed by atoms with E-state index in [1.54, 1.807) is 12.1 Å². The number of carbonyl (C=O) groups excluding carboxylic acids is 1. The van der Waals surface area contributed by atoms with E-state index in [2.05, 4.69) is 5.32 Å². The highest BCUT2D eigenvalue weighted by Crippen LogP contribution is 2.19. The molecular weight excluding hydrogens is 246 g/mol. The summed E-state index contributed by atoms with van der Waals surface area (Å²) in [7, 11) is 1.47.